The second-order valence-corrected chi connectivity index (χ2v) is 3.14. The maximum Gasteiger partial charge on any atom is 0.223 e. The third-order valence-electron chi connectivity index (χ3n) is 0.804. The van der Waals surface area contributed by atoms with Gasteiger partial charge in [-0.15, -0.1) is 0 Å². The molecule has 56 valence electrons. The van der Waals surface area contributed by atoms with Crippen LogP contribution in [0.15, 0.2) is 0 Å². The van der Waals surface area contributed by atoms with E-state index in [1.54, 1.807) is 0 Å². The van der Waals surface area contributed by atoms with Crippen LogP contribution in [0.3, 0.4) is 0 Å². The molecule has 0 saturated heterocycles. The lowest BCUT2D eigenvalue weighted by Crippen LogP contribution is -2.24. The van der Waals surface area contributed by atoms with Crippen molar-refractivity contribution in [2.45, 2.75) is 25.5 Å². The number of ether oxygens (including phenoxy) is 2. The van der Waals surface area contributed by atoms with Crippen molar-refractivity contribution in [1.29, 1.82) is 0 Å². The van der Waals surface area contributed by atoms with E-state index >= 15 is 0 Å². The fourth-order valence-corrected chi connectivity index (χ4v) is 1.02. The standard InChI is InChI=1S/C6H13BrO2/c1-4-8-6(3,7)9-5-2/h4-5H2,1-3H3. The SMILES string of the molecule is CCOC(C)(Br)OCC. The van der Waals surface area contributed by atoms with Crippen LogP contribution in [-0.4, -0.2) is 17.9 Å². The maximum absolute atomic E-state index is 5.16. The molecule has 0 spiro atoms. The van der Waals surface area contributed by atoms with Crippen molar-refractivity contribution in [3.8, 4) is 0 Å². The second-order valence-electron chi connectivity index (χ2n) is 1.70. The highest BCUT2D eigenvalue weighted by Gasteiger charge is 2.18. The van der Waals surface area contributed by atoms with E-state index < -0.39 is 4.70 Å². The number of hydrogen-bond donors (Lipinski definition) is 0. The van der Waals surface area contributed by atoms with Gasteiger partial charge in [0.1, 0.15) is 0 Å². The van der Waals surface area contributed by atoms with Crippen LogP contribution in [0.5, 0.6) is 0 Å². The van der Waals surface area contributed by atoms with Gasteiger partial charge >= 0.3 is 0 Å². The molecule has 0 heterocycles. The van der Waals surface area contributed by atoms with Crippen LogP contribution in [0.4, 0.5) is 0 Å². The molecule has 0 amide bonds. The van der Waals surface area contributed by atoms with Gasteiger partial charge in [0.15, 0.2) is 0 Å². The summed E-state index contributed by atoms with van der Waals surface area (Å²) < 4.78 is 9.74. The Labute approximate surface area is 64.7 Å². The Bertz CT molecular complexity index is 65.5. The van der Waals surface area contributed by atoms with E-state index in [1.165, 1.54) is 0 Å². The molecule has 2 nitrogen and oxygen atoms in total. The van der Waals surface area contributed by atoms with Crippen molar-refractivity contribution in [2.24, 2.45) is 0 Å². The second kappa shape index (κ2) is 4.25. The number of hydrogen-bond acceptors (Lipinski definition) is 2. The van der Waals surface area contributed by atoms with Gasteiger partial charge in [-0.05, 0) is 29.8 Å². The van der Waals surface area contributed by atoms with Gasteiger partial charge in [0, 0.05) is 20.1 Å². The topological polar surface area (TPSA) is 18.5 Å². The lowest BCUT2D eigenvalue weighted by molar-refractivity contribution is -0.146. The molecule has 0 aliphatic carbocycles. The molecule has 0 fully saturated rings. The Balaban J connectivity index is 3.43. The van der Waals surface area contributed by atoms with Crippen molar-refractivity contribution in [3.05, 3.63) is 0 Å². The van der Waals surface area contributed by atoms with Crippen molar-refractivity contribution < 1.29 is 9.47 Å². The minimum Gasteiger partial charge on any atom is -0.341 e. The molecule has 0 aliphatic rings. The van der Waals surface area contributed by atoms with Crippen molar-refractivity contribution in [2.75, 3.05) is 13.2 Å². The first-order valence-electron chi connectivity index (χ1n) is 3.09. The number of halogens is 1. The summed E-state index contributed by atoms with van der Waals surface area (Å²) in [5.41, 5.74) is 0. The highest BCUT2D eigenvalue weighted by Crippen LogP contribution is 2.19. The van der Waals surface area contributed by atoms with E-state index in [0.717, 1.165) is 0 Å². The van der Waals surface area contributed by atoms with Crippen LogP contribution >= 0.6 is 15.9 Å². The Morgan fingerprint density at radius 3 is 1.78 bits per heavy atom. The molecule has 0 aromatic rings. The van der Waals surface area contributed by atoms with Crippen molar-refractivity contribution >= 4 is 15.9 Å². The molecule has 0 aliphatic heterocycles. The lowest BCUT2D eigenvalue weighted by atomic mass is 10.7. The van der Waals surface area contributed by atoms with Gasteiger partial charge in [-0.2, -0.15) is 0 Å². The smallest absolute Gasteiger partial charge is 0.223 e. The van der Waals surface area contributed by atoms with E-state index in [1.807, 2.05) is 20.8 Å². The Morgan fingerprint density at radius 2 is 1.56 bits per heavy atom. The van der Waals surface area contributed by atoms with Gasteiger partial charge in [0.05, 0.1) is 0 Å². The summed E-state index contributed by atoms with van der Waals surface area (Å²) in [5, 5.41) is 0. The van der Waals surface area contributed by atoms with Gasteiger partial charge in [-0.1, -0.05) is 0 Å². The monoisotopic (exact) mass is 196 g/mol. The van der Waals surface area contributed by atoms with Crippen LogP contribution in [-0.2, 0) is 9.47 Å². The van der Waals surface area contributed by atoms with E-state index in [2.05, 4.69) is 15.9 Å². The molecule has 0 N–H and O–H groups in total. The fraction of sp³-hybridized carbons (Fsp3) is 1.00. The zero-order chi connectivity index (χ0) is 7.33. The molecule has 0 aromatic heterocycles. The van der Waals surface area contributed by atoms with Gasteiger partial charge in [0.2, 0.25) is 4.70 Å². The first kappa shape index (κ1) is 9.40. The van der Waals surface area contributed by atoms with E-state index in [-0.39, 0.29) is 0 Å². The summed E-state index contributed by atoms with van der Waals surface area (Å²) in [7, 11) is 0. The summed E-state index contributed by atoms with van der Waals surface area (Å²) in [6.45, 7) is 7.00. The van der Waals surface area contributed by atoms with E-state index in [4.69, 9.17) is 9.47 Å². The summed E-state index contributed by atoms with van der Waals surface area (Å²) in [6, 6.07) is 0. The Kier molecular flexibility index (Phi) is 4.44. The predicted molar refractivity (Wildman–Crippen MR) is 40.6 cm³/mol. The molecular formula is C6H13BrO2. The number of rotatable bonds is 4. The number of alkyl halides is 1. The third-order valence-corrected chi connectivity index (χ3v) is 1.26. The average Bonchev–Trinajstić information content (AvgIpc) is 1.64. The molecular weight excluding hydrogens is 184 g/mol. The predicted octanol–water partition coefficient (Wildman–Crippen LogP) is 2.13. The molecule has 0 atom stereocenters. The minimum atomic E-state index is -0.587. The zero-order valence-electron chi connectivity index (χ0n) is 6.11. The normalized spacial score (nSPS) is 12.0. The van der Waals surface area contributed by atoms with Crippen LogP contribution in [0, 0.1) is 0 Å². The van der Waals surface area contributed by atoms with Crippen LogP contribution in [0.25, 0.3) is 0 Å². The molecule has 3 heteroatoms. The Hall–Kier alpha value is 0.400. The van der Waals surface area contributed by atoms with E-state index in [0.29, 0.717) is 13.2 Å². The quantitative estimate of drug-likeness (QED) is 0.507. The summed E-state index contributed by atoms with van der Waals surface area (Å²) in [4.78, 5) is 0. The van der Waals surface area contributed by atoms with E-state index in [9.17, 15) is 0 Å². The van der Waals surface area contributed by atoms with Gasteiger partial charge < -0.3 is 9.47 Å². The maximum atomic E-state index is 5.16. The lowest BCUT2D eigenvalue weighted by Gasteiger charge is -2.21. The minimum absolute atomic E-state index is 0.587. The molecule has 9 heavy (non-hydrogen) atoms. The van der Waals surface area contributed by atoms with Crippen LogP contribution in [0.2, 0.25) is 0 Å². The van der Waals surface area contributed by atoms with Gasteiger partial charge in [-0.25, -0.2) is 0 Å². The molecule has 0 unspecified atom stereocenters. The molecule has 0 radical (unpaired) electrons. The summed E-state index contributed by atoms with van der Waals surface area (Å²) in [6.07, 6.45) is 0. The van der Waals surface area contributed by atoms with Crippen LogP contribution in [0.1, 0.15) is 20.8 Å². The zero-order valence-corrected chi connectivity index (χ0v) is 7.69. The van der Waals surface area contributed by atoms with Crippen LogP contribution < -0.4 is 0 Å². The first-order chi connectivity index (χ1) is 4.12. The summed E-state index contributed by atoms with van der Waals surface area (Å²) >= 11 is 3.26. The molecule has 0 rings (SSSR count). The largest absolute Gasteiger partial charge is 0.341 e. The van der Waals surface area contributed by atoms with Gasteiger partial charge in [0.25, 0.3) is 0 Å². The average molecular weight is 197 g/mol. The van der Waals surface area contributed by atoms with Gasteiger partial charge in [-0.3, -0.25) is 0 Å². The molecule has 0 aromatic carbocycles. The van der Waals surface area contributed by atoms with Crippen molar-refractivity contribution in [1.82, 2.24) is 0 Å². The molecule has 0 bridgehead atoms. The first-order valence-corrected chi connectivity index (χ1v) is 3.88. The molecule has 0 saturated carbocycles. The highest BCUT2D eigenvalue weighted by atomic mass is 79.9. The third kappa shape index (κ3) is 4.88. The highest BCUT2D eigenvalue weighted by molar-refractivity contribution is 9.10. The summed E-state index contributed by atoms with van der Waals surface area (Å²) in [5.74, 6) is 0. The van der Waals surface area contributed by atoms with Crippen molar-refractivity contribution in [3.63, 3.8) is 0 Å². The Morgan fingerprint density at radius 1 is 1.22 bits per heavy atom. The fourth-order valence-electron chi connectivity index (χ4n) is 0.557.